The van der Waals surface area contributed by atoms with Gasteiger partial charge in [0.25, 0.3) is 0 Å². The van der Waals surface area contributed by atoms with Crippen molar-refractivity contribution in [3.63, 3.8) is 0 Å². The second-order valence-corrected chi connectivity index (χ2v) is 5.46. The van der Waals surface area contributed by atoms with Gasteiger partial charge in [-0.15, -0.1) is 0 Å². The van der Waals surface area contributed by atoms with Crippen LogP contribution in [0.1, 0.15) is 35.3 Å². The zero-order valence-corrected chi connectivity index (χ0v) is 13.0. The van der Waals surface area contributed by atoms with Gasteiger partial charge in [0.05, 0.1) is 5.69 Å². The lowest BCUT2D eigenvalue weighted by Gasteiger charge is -2.15. The van der Waals surface area contributed by atoms with Gasteiger partial charge in [-0.3, -0.25) is 4.68 Å². The van der Waals surface area contributed by atoms with Crippen LogP contribution >= 0.6 is 11.6 Å². The summed E-state index contributed by atoms with van der Waals surface area (Å²) in [6.45, 7) is 6.30. The number of aryl methyl sites for hydroxylation is 3. The third-order valence-electron chi connectivity index (χ3n) is 3.30. The molecule has 0 spiro atoms. The normalized spacial score (nSPS) is 12.5. The molecule has 0 saturated carbocycles. The van der Waals surface area contributed by atoms with E-state index in [2.05, 4.69) is 11.2 Å². The number of ether oxygens (including phenoxy) is 1. The van der Waals surface area contributed by atoms with Crippen LogP contribution in [0.15, 0.2) is 18.2 Å². The monoisotopic (exact) mass is 293 g/mol. The molecule has 1 aromatic heterocycles. The maximum Gasteiger partial charge on any atom is 0.133 e. The summed E-state index contributed by atoms with van der Waals surface area (Å²) >= 11 is 6.20. The Kier molecular flexibility index (Phi) is 4.35. The minimum absolute atomic E-state index is 0.0737. The van der Waals surface area contributed by atoms with Crippen LogP contribution in [-0.4, -0.2) is 9.78 Å². The zero-order valence-electron chi connectivity index (χ0n) is 12.3. The molecule has 4 nitrogen and oxygen atoms in total. The van der Waals surface area contributed by atoms with Crippen molar-refractivity contribution >= 4 is 11.6 Å². The first-order chi connectivity index (χ1) is 9.40. The van der Waals surface area contributed by atoms with Gasteiger partial charge in [0, 0.05) is 24.2 Å². The van der Waals surface area contributed by atoms with Gasteiger partial charge in [0.1, 0.15) is 17.5 Å². The van der Waals surface area contributed by atoms with Crippen LogP contribution in [0.5, 0.6) is 5.75 Å². The number of halogens is 1. The van der Waals surface area contributed by atoms with E-state index in [0.29, 0.717) is 11.8 Å². The molecule has 5 heteroatoms. The van der Waals surface area contributed by atoms with E-state index in [9.17, 15) is 0 Å². The Morgan fingerprint density at radius 1 is 1.40 bits per heavy atom. The second-order valence-electron chi connectivity index (χ2n) is 5.10. The smallest absolute Gasteiger partial charge is 0.133 e. The zero-order chi connectivity index (χ0) is 14.9. The van der Waals surface area contributed by atoms with Crippen LogP contribution in [0.4, 0.5) is 0 Å². The van der Waals surface area contributed by atoms with Gasteiger partial charge in [-0.05, 0) is 26.8 Å². The third kappa shape index (κ3) is 2.97. The summed E-state index contributed by atoms with van der Waals surface area (Å²) in [5, 5.41) is 4.88. The molecule has 0 radical (unpaired) electrons. The summed E-state index contributed by atoms with van der Waals surface area (Å²) in [5.41, 5.74) is 9.95. The molecule has 1 atom stereocenters. The van der Waals surface area contributed by atoms with Crippen LogP contribution < -0.4 is 10.5 Å². The fourth-order valence-electron chi connectivity index (χ4n) is 2.14. The fraction of sp³-hybridized carbons (Fsp3) is 0.400. The largest absolute Gasteiger partial charge is 0.488 e. The van der Waals surface area contributed by atoms with Crippen molar-refractivity contribution in [1.82, 2.24) is 9.78 Å². The van der Waals surface area contributed by atoms with Crippen molar-refractivity contribution in [1.29, 1.82) is 0 Å². The average molecular weight is 294 g/mol. The van der Waals surface area contributed by atoms with E-state index in [0.717, 1.165) is 22.6 Å². The maximum absolute atomic E-state index is 6.20. The summed E-state index contributed by atoms with van der Waals surface area (Å²) in [5.74, 6) is 0.796. The van der Waals surface area contributed by atoms with Crippen LogP contribution in [0.25, 0.3) is 0 Å². The highest BCUT2D eigenvalue weighted by Gasteiger charge is 2.14. The number of hydrogen-bond acceptors (Lipinski definition) is 3. The summed E-state index contributed by atoms with van der Waals surface area (Å²) in [4.78, 5) is 0. The Balaban J connectivity index is 2.23. The summed E-state index contributed by atoms with van der Waals surface area (Å²) < 4.78 is 7.55. The van der Waals surface area contributed by atoms with E-state index in [4.69, 9.17) is 22.1 Å². The predicted molar refractivity (Wildman–Crippen MR) is 81.1 cm³/mol. The molecule has 0 bridgehead atoms. The van der Waals surface area contributed by atoms with Crippen molar-refractivity contribution in [3.8, 4) is 5.75 Å². The highest BCUT2D eigenvalue weighted by molar-refractivity contribution is 6.30. The number of hydrogen-bond donors (Lipinski definition) is 1. The molecule has 108 valence electrons. The first-order valence-corrected chi connectivity index (χ1v) is 6.95. The van der Waals surface area contributed by atoms with Crippen molar-refractivity contribution in [2.75, 3.05) is 0 Å². The van der Waals surface area contributed by atoms with Gasteiger partial charge < -0.3 is 10.5 Å². The minimum atomic E-state index is -0.0737. The van der Waals surface area contributed by atoms with Crippen molar-refractivity contribution in [2.45, 2.75) is 33.4 Å². The van der Waals surface area contributed by atoms with Crippen LogP contribution in [0.3, 0.4) is 0 Å². The van der Waals surface area contributed by atoms with Gasteiger partial charge in [0.15, 0.2) is 0 Å². The Labute approximate surface area is 124 Å². The topological polar surface area (TPSA) is 53.1 Å². The van der Waals surface area contributed by atoms with Gasteiger partial charge in [0.2, 0.25) is 0 Å². The molecule has 20 heavy (non-hydrogen) atoms. The van der Waals surface area contributed by atoms with Gasteiger partial charge in [-0.2, -0.15) is 5.10 Å². The molecule has 0 aliphatic carbocycles. The highest BCUT2D eigenvalue weighted by atomic mass is 35.5. The first kappa shape index (κ1) is 14.9. The summed E-state index contributed by atoms with van der Waals surface area (Å²) in [7, 11) is 1.82. The van der Waals surface area contributed by atoms with E-state index in [1.165, 1.54) is 5.56 Å². The Morgan fingerprint density at radius 3 is 2.65 bits per heavy atom. The van der Waals surface area contributed by atoms with Gasteiger partial charge in [-0.25, -0.2) is 0 Å². The van der Waals surface area contributed by atoms with E-state index in [-0.39, 0.29) is 6.04 Å². The van der Waals surface area contributed by atoms with Crippen molar-refractivity contribution in [2.24, 2.45) is 12.8 Å². The second kappa shape index (κ2) is 5.85. The third-order valence-corrected chi connectivity index (χ3v) is 3.77. The molecule has 1 aromatic carbocycles. The first-order valence-electron chi connectivity index (χ1n) is 6.57. The molecule has 2 N–H and O–H groups in total. The molecule has 0 aliphatic rings. The lowest BCUT2D eigenvalue weighted by molar-refractivity contribution is 0.300. The molecule has 0 unspecified atom stereocenters. The molecule has 0 amide bonds. The van der Waals surface area contributed by atoms with E-state index < -0.39 is 0 Å². The SMILES string of the molecule is Cc1ccc(OCc2c(C)nn(C)c2Cl)c([C@@H](C)N)c1. The summed E-state index contributed by atoms with van der Waals surface area (Å²) in [6.07, 6.45) is 0. The van der Waals surface area contributed by atoms with Crippen LogP contribution in [-0.2, 0) is 13.7 Å². The molecule has 1 heterocycles. The Morgan fingerprint density at radius 2 is 2.10 bits per heavy atom. The predicted octanol–water partition coefficient (Wildman–Crippen LogP) is 3.29. The Hall–Kier alpha value is -1.52. The standard InChI is InChI=1S/C15H20ClN3O/c1-9-5-6-14(12(7-9)10(2)17)20-8-13-11(3)18-19(4)15(13)16/h5-7,10H,8,17H2,1-4H3/t10-/m1/s1. The van der Waals surface area contributed by atoms with E-state index >= 15 is 0 Å². The van der Waals surface area contributed by atoms with Crippen LogP contribution in [0.2, 0.25) is 5.15 Å². The lowest BCUT2D eigenvalue weighted by Crippen LogP contribution is -2.08. The number of nitrogens with two attached hydrogens (primary N) is 1. The molecule has 0 fully saturated rings. The van der Waals surface area contributed by atoms with Gasteiger partial charge in [-0.1, -0.05) is 29.3 Å². The molecule has 0 aliphatic heterocycles. The maximum atomic E-state index is 6.20. The Bertz CT molecular complexity index is 620. The van der Waals surface area contributed by atoms with Crippen LogP contribution in [0, 0.1) is 13.8 Å². The van der Waals surface area contributed by atoms with Crippen molar-refractivity contribution in [3.05, 3.63) is 45.7 Å². The number of aromatic nitrogens is 2. The minimum Gasteiger partial charge on any atom is -0.488 e. The average Bonchev–Trinajstić information content (AvgIpc) is 2.62. The number of rotatable bonds is 4. The van der Waals surface area contributed by atoms with Gasteiger partial charge >= 0.3 is 0 Å². The number of benzene rings is 1. The molecule has 2 rings (SSSR count). The number of nitrogens with zero attached hydrogens (tertiary/aromatic N) is 2. The van der Waals surface area contributed by atoms with E-state index in [1.807, 2.05) is 40.0 Å². The molecule has 0 saturated heterocycles. The molecular formula is C15H20ClN3O. The quantitative estimate of drug-likeness (QED) is 0.941. The fourth-order valence-corrected chi connectivity index (χ4v) is 2.37. The van der Waals surface area contributed by atoms with E-state index in [1.54, 1.807) is 4.68 Å². The lowest BCUT2D eigenvalue weighted by atomic mass is 10.1. The molecular weight excluding hydrogens is 274 g/mol. The highest BCUT2D eigenvalue weighted by Crippen LogP contribution is 2.27. The van der Waals surface area contributed by atoms with Crippen molar-refractivity contribution < 1.29 is 4.74 Å². The summed E-state index contributed by atoms with van der Waals surface area (Å²) in [6, 6.07) is 5.94. The molecule has 2 aromatic rings.